The Balaban J connectivity index is 3.07. The van der Waals surface area contributed by atoms with E-state index < -0.39 is 0 Å². The summed E-state index contributed by atoms with van der Waals surface area (Å²) in [6.07, 6.45) is 0.878. The third-order valence-electron chi connectivity index (χ3n) is 2.04. The number of rotatable bonds is 4. The van der Waals surface area contributed by atoms with E-state index in [9.17, 15) is 0 Å². The standard InChI is InChI=1S/C12H14N2O/c1-3-10-7-5-6-8-11(10)12(9-13)14-15-4-2/h5-8H,3-4H2,1-2H3. The molecule has 0 spiro atoms. The summed E-state index contributed by atoms with van der Waals surface area (Å²) in [6, 6.07) is 9.79. The summed E-state index contributed by atoms with van der Waals surface area (Å²) in [6.45, 7) is 4.36. The van der Waals surface area contributed by atoms with Crippen molar-refractivity contribution < 1.29 is 4.84 Å². The predicted molar refractivity (Wildman–Crippen MR) is 59.6 cm³/mol. The smallest absolute Gasteiger partial charge is 0.187 e. The minimum Gasteiger partial charge on any atom is -0.395 e. The fraction of sp³-hybridized carbons (Fsp3) is 0.333. The zero-order chi connectivity index (χ0) is 11.1. The van der Waals surface area contributed by atoms with Gasteiger partial charge in [0.2, 0.25) is 0 Å². The molecule has 1 rings (SSSR count). The van der Waals surface area contributed by atoms with E-state index in [4.69, 9.17) is 10.1 Å². The highest BCUT2D eigenvalue weighted by Crippen LogP contribution is 2.10. The maximum absolute atomic E-state index is 8.97. The van der Waals surface area contributed by atoms with Gasteiger partial charge in [0.25, 0.3) is 0 Å². The van der Waals surface area contributed by atoms with Crippen LogP contribution in [0.5, 0.6) is 0 Å². The second-order valence-electron chi connectivity index (χ2n) is 2.98. The fourth-order valence-electron chi connectivity index (χ4n) is 1.32. The molecule has 0 aromatic heterocycles. The first-order valence-electron chi connectivity index (χ1n) is 5.01. The molecule has 0 N–H and O–H groups in total. The minimum atomic E-state index is 0.342. The Labute approximate surface area is 90.0 Å². The van der Waals surface area contributed by atoms with Gasteiger partial charge in [-0.05, 0) is 18.9 Å². The quantitative estimate of drug-likeness (QED) is 0.556. The predicted octanol–water partition coefficient (Wildman–Crippen LogP) is 2.51. The number of oxime groups is 1. The van der Waals surface area contributed by atoms with Crippen molar-refractivity contribution >= 4 is 5.71 Å². The van der Waals surface area contributed by atoms with Crippen LogP contribution in [0.15, 0.2) is 29.4 Å². The van der Waals surface area contributed by atoms with Crippen molar-refractivity contribution in [1.82, 2.24) is 0 Å². The average Bonchev–Trinajstić information content (AvgIpc) is 2.30. The average molecular weight is 202 g/mol. The SMILES string of the molecule is CCON=C(C#N)c1ccccc1CC. The van der Waals surface area contributed by atoms with Gasteiger partial charge in [0.15, 0.2) is 5.71 Å². The Hall–Kier alpha value is -1.82. The molecule has 0 radical (unpaired) electrons. The minimum absolute atomic E-state index is 0.342. The molecule has 0 fully saturated rings. The topological polar surface area (TPSA) is 45.4 Å². The van der Waals surface area contributed by atoms with E-state index in [0.717, 1.165) is 17.5 Å². The van der Waals surface area contributed by atoms with E-state index in [0.29, 0.717) is 12.3 Å². The van der Waals surface area contributed by atoms with Crippen LogP contribution in [0.25, 0.3) is 0 Å². The van der Waals surface area contributed by atoms with Crippen molar-refractivity contribution in [3.8, 4) is 6.07 Å². The monoisotopic (exact) mass is 202 g/mol. The fourth-order valence-corrected chi connectivity index (χ4v) is 1.32. The molecular weight excluding hydrogens is 188 g/mol. The van der Waals surface area contributed by atoms with Crippen molar-refractivity contribution in [2.24, 2.45) is 5.16 Å². The molecular formula is C12H14N2O. The Kier molecular flexibility index (Phi) is 4.36. The lowest BCUT2D eigenvalue weighted by atomic mass is 10.0. The van der Waals surface area contributed by atoms with E-state index in [2.05, 4.69) is 18.1 Å². The van der Waals surface area contributed by atoms with Crippen LogP contribution >= 0.6 is 0 Å². The summed E-state index contributed by atoms with van der Waals surface area (Å²) >= 11 is 0. The van der Waals surface area contributed by atoms with Crippen molar-refractivity contribution in [3.05, 3.63) is 35.4 Å². The summed E-state index contributed by atoms with van der Waals surface area (Å²) in [4.78, 5) is 4.91. The second kappa shape index (κ2) is 5.82. The molecule has 1 aromatic carbocycles. The molecule has 1 aromatic rings. The summed E-state index contributed by atoms with van der Waals surface area (Å²) < 4.78 is 0. The van der Waals surface area contributed by atoms with Crippen LogP contribution in [-0.4, -0.2) is 12.3 Å². The Morgan fingerprint density at radius 3 is 2.73 bits per heavy atom. The van der Waals surface area contributed by atoms with Crippen LogP contribution in [0.4, 0.5) is 0 Å². The lowest BCUT2D eigenvalue weighted by Crippen LogP contribution is -2.03. The third-order valence-corrected chi connectivity index (χ3v) is 2.04. The molecule has 0 aliphatic carbocycles. The van der Waals surface area contributed by atoms with Crippen LogP contribution in [0.2, 0.25) is 0 Å². The van der Waals surface area contributed by atoms with Crippen molar-refractivity contribution in [2.75, 3.05) is 6.61 Å². The highest BCUT2D eigenvalue weighted by molar-refractivity contribution is 6.12. The number of benzene rings is 1. The molecule has 3 nitrogen and oxygen atoms in total. The summed E-state index contributed by atoms with van der Waals surface area (Å²) in [7, 11) is 0. The number of nitriles is 1. The first-order valence-corrected chi connectivity index (χ1v) is 5.01. The summed E-state index contributed by atoms with van der Waals surface area (Å²) in [5.74, 6) is 0. The van der Waals surface area contributed by atoms with Crippen LogP contribution in [-0.2, 0) is 11.3 Å². The first kappa shape index (κ1) is 11.3. The van der Waals surface area contributed by atoms with Crippen LogP contribution in [0.3, 0.4) is 0 Å². The maximum atomic E-state index is 8.97. The van der Waals surface area contributed by atoms with Crippen molar-refractivity contribution in [3.63, 3.8) is 0 Å². The number of hydrogen-bond acceptors (Lipinski definition) is 3. The first-order chi connectivity index (χ1) is 7.33. The van der Waals surface area contributed by atoms with Crippen LogP contribution in [0, 0.1) is 11.3 Å². The molecule has 0 unspecified atom stereocenters. The molecule has 0 aliphatic heterocycles. The summed E-state index contributed by atoms with van der Waals surface area (Å²) in [5.41, 5.74) is 2.31. The van der Waals surface area contributed by atoms with Gasteiger partial charge in [-0.15, -0.1) is 0 Å². The van der Waals surface area contributed by atoms with Gasteiger partial charge in [0.1, 0.15) is 12.7 Å². The number of nitrogens with zero attached hydrogens (tertiary/aromatic N) is 2. The molecule has 0 amide bonds. The van der Waals surface area contributed by atoms with Gasteiger partial charge in [-0.3, -0.25) is 0 Å². The highest BCUT2D eigenvalue weighted by Gasteiger charge is 2.07. The lowest BCUT2D eigenvalue weighted by Gasteiger charge is -2.04. The van der Waals surface area contributed by atoms with Gasteiger partial charge >= 0.3 is 0 Å². The highest BCUT2D eigenvalue weighted by atomic mass is 16.6. The second-order valence-corrected chi connectivity index (χ2v) is 2.98. The largest absolute Gasteiger partial charge is 0.395 e. The van der Waals surface area contributed by atoms with Gasteiger partial charge in [0.05, 0.1) is 0 Å². The van der Waals surface area contributed by atoms with E-state index in [1.807, 2.05) is 31.2 Å². The maximum Gasteiger partial charge on any atom is 0.187 e. The van der Waals surface area contributed by atoms with E-state index in [1.165, 1.54) is 0 Å². The lowest BCUT2D eigenvalue weighted by molar-refractivity contribution is 0.159. The summed E-state index contributed by atoms with van der Waals surface area (Å²) in [5, 5.41) is 12.8. The van der Waals surface area contributed by atoms with Crippen molar-refractivity contribution in [1.29, 1.82) is 5.26 Å². The molecule has 78 valence electrons. The van der Waals surface area contributed by atoms with Crippen molar-refractivity contribution in [2.45, 2.75) is 20.3 Å². The molecule has 0 atom stereocenters. The van der Waals surface area contributed by atoms with Gasteiger partial charge in [-0.1, -0.05) is 36.3 Å². The Morgan fingerprint density at radius 2 is 2.13 bits per heavy atom. The Bertz CT molecular complexity index is 391. The zero-order valence-electron chi connectivity index (χ0n) is 9.03. The molecule has 0 saturated carbocycles. The molecule has 0 aliphatic rings. The molecule has 0 heterocycles. The Morgan fingerprint density at radius 1 is 1.40 bits per heavy atom. The van der Waals surface area contributed by atoms with Crippen LogP contribution < -0.4 is 0 Å². The van der Waals surface area contributed by atoms with E-state index in [-0.39, 0.29) is 0 Å². The van der Waals surface area contributed by atoms with Gasteiger partial charge in [-0.25, -0.2) is 0 Å². The zero-order valence-corrected chi connectivity index (χ0v) is 9.03. The molecule has 15 heavy (non-hydrogen) atoms. The van der Waals surface area contributed by atoms with E-state index in [1.54, 1.807) is 0 Å². The van der Waals surface area contributed by atoms with Gasteiger partial charge < -0.3 is 4.84 Å². The number of aryl methyl sites for hydroxylation is 1. The van der Waals surface area contributed by atoms with E-state index >= 15 is 0 Å². The third kappa shape index (κ3) is 2.81. The van der Waals surface area contributed by atoms with Crippen LogP contribution in [0.1, 0.15) is 25.0 Å². The normalized spacial score (nSPS) is 10.9. The van der Waals surface area contributed by atoms with Gasteiger partial charge in [-0.2, -0.15) is 5.26 Å². The molecule has 0 saturated heterocycles. The van der Waals surface area contributed by atoms with Gasteiger partial charge in [0, 0.05) is 5.56 Å². The number of hydrogen-bond donors (Lipinski definition) is 0. The molecule has 0 bridgehead atoms. The molecule has 3 heteroatoms.